The van der Waals surface area contributed by atoms with Gasteiger partial charge in [0.25, 0.3) is 0 Å². The van der Waals surface area contributed by atoms with Gasteiger partial charge in [-0.05, 0) is 18.1 Å². The van der Waals surface area contributed by atoms with Crippen LogP contribution in [-0.4, -0.2) is 25.5 Å². The molecular weight excluding hydrogens is 234 g/mol. The summed E-state index contributed by atoms with van der Waals surface area (Å²) < 4.78 is 1.70. The van der Waals surface area contributed by atoms with Gasteiger partial charge in [-0.3, -0.25) is 4.79 Å². The van der Waals surface area contributed by atoms with Crippen LogP contribution in [0.3, 0.4) is 0 Å². The summed E-state index contributed by atoms with van der Waals surface area (Å²) >= 11 is 1.29. The van der Waals surface area contributed by atoms with Crippen molar-refractivity contribution >= 4 is 22.5 Å². The molecule has 2 aromatic rings. The fourth-order valence-corrected chi connectivity index (χ4v) is 1.80. The standard InChI is InChI=1S/C12H11N3OS/c1-10(16)17-8-3-2-5-11-9-13-12-6-4-7-14-15(11)12/h4,6-7,9H,3,8H2,1H3. The molecule has 0 amide bonds. The summed E-state index contributed by atoms with van der Waals surface area (Å²) in [6.45, 7) is 1.56. The quantitative estimate of drug-likeness (QED) is 0.597. The summed E-state index contributed by atoms with van der Waals surface area (Å²) in [5.41, 5.74) is 1.56. The van der Waals surface area contributed by atoms with E-state index >= 15 is 0 Å². The highest BCUT2D eigenvalue weighted by Crippen LogP contribution is 2.04. The van der Waals surface area contributed by atoms with E-state index in [0.717, 1.165) is 17.1 Å². The van der Waals surface area contributed by atoms with Crippen molar-refractivity contribution in [3.05, 3.63) is 30.2 Å². The Hall–Kier alpha value is -1.80. The third-order valence-electron chi connectivity index (χ3n) is 2.03. The van der Waals surface area contributed by atoms with E-state index in [1.54, 1.807) is 23.8 Å². The van der Waals surface area contributed by atoms with Gasteiger partial charge < -0.3 is 0 Å². The van der Waals surface area contributed by atoms with Crippen LogP contribution in [0.25, 0.3) is 5.65 Å². The van der Waals surface area contributed by atoms with Crippen molar-refractivity contribution in [3.8, 4) is 11.8 Å². The minimum absolute atomic E-state index is 0.128. The lowest BCUT2D eigenvalue weighted by molar-refractivity contribution is -0.109. The molecule has 86 valence electrons. The van der Waals surface area contributed by atoms with Crippen LogP contribution in [0.4, 0.5) is 0 Å². The van der Waals surface area contributed by atoms with Gasteiger partial charge in [-0.15, -0.1) is 0 Å². The molecule has 0 unspecified atom stereocenters. The van der Waals surface area contributed by atoms with Crippen molar-refractivity contribution in [1.29, 1.82) is 0 Å². The molecule has 2 rings (SSSR count). The zero-order chi connectivity index (χ0) is 12.1. The SMILES string of the molecule is CC(=O)SCCC#Cc1cnc2cccnn12. The molecule has 0 aromatic carbocycles. The first-order valence-electron chi connectivity index (χ1n) is 5.18. The maximum atomic E-state index is 10.7. The number of fused-ring (bicyclic) bond motifs is 1. The van der Waals surface area contributed by atoms with Gasteiger partial charge in [0.2, 0.25) is 0 Å². The van der Waals surface area contributed by atoms with E-state index in [1.807, 2.05) is 12.1 Å². The summed E-state index contributed by atoms with van der Waals surface area (Å²) in [6, 6.07) is 3.72. The molecule has 2 aromatic heterocycles. The van der Waals surface area contributed by atoms with E-state index in [2.05, 4.69) is 21.9 Å². The second kappa shape index (κ2) is 5.51. The van der Waals surface area contributed by atoms with Crippen LogP contribution in [0.15, 0.2) is 24.5 Å². The van der Waals surface area contributed by atoms with Crippen LogP contribution >= 0.6 is 11.8 Å². The Morgan fingerprint density at radius 1 is 1.59 bits per heavy atom. The smallest absolute Gasteiger partial charge is 0.185 e. The number of aromatic nitrogens is 3. The molecule has 0 N–H and O–H groups in total. The van der Waals surface area contributed by atoms with Gasteiger partial charge in [-0.25, -0.2) is 9.50 Å². The van der Waals surface area contributed by atoms with Gasteiger partial charge in [0.05, 0.1) is 6.20 Å². The largest absolute Gasteiger partial charge is 0.288 e. The fraction of sp³-hybridized carbons (Fsp3) is 0.250. The zero-order valence-electron chi connectivity index (χ0n) is 9.38. The van der Waals surface area contributed by atoms with Gasteiger partial charge in [0.1, 0.15) is 5.69 Å². The molecule has 2 heterocycles. The molecule has 0 spiro atoms. The maximum Gasteiger partial charge on any atom is 0.185 e. The van der Waals surface area contributed by atoms with E-state index in [1.165, 1.54) is 11.8 Å². The summed E-state index contributed by atoms with van der Waals surface area (Å²) in [6.07, 6.45) is 4.09. The minimum atomic E-state index is 0.128. The van der Waals surface area contributed by atoms with Gasteiger partial charge in [0.15, 0.2) is 10.8 Å². The Bertz CT molecular complexity index is 594. The Balaban J connectivity index is 2.04. The third kappa shape index (κ3) is 3.08. The summed E-state index contributed by atoms with van der Waals surface area (Å²) in [5, 5.41) is 4.29. The highest BCUT2D eigenvalue weighted by Gasteiger charge is 1.99. The lowest BCUT2D eigenvalue weighted by atomic mass is 10.4. The minimum Gasteiger partial charge on any atom is -0.288 e. The number of rotatable bonds is 2. The van der Waals surface area contributed by atoms with Crippen molar-refractivity contribution in [2.45, 2.75) is 13.3 Å². The number of hydrogen-bond donors (Lipinski definition) is 0. The molecule has 0 aliphatic heterocycles. The number of carbonyl (C=O) groups is 1. The first-order chi connectivity index (χ1) is 8.27. The van der Waals surface area contributed by atoms with Gasteiger partial charge in [0, 0.05) is 25.3 Å². The lowest BCUT2D eigenvalue weighted by Crippen LogP contribution is -1.92. The number of carbonyl (C=O) groups excluding carboxylic acids is 1. The van der Waals surface area contributed by atoms with Crippen LogP contribution in [0, 0.1) is 11.8 Å². The number of imidazole rings is 1. The molecule has 0 radical (unpaired) electrons. The molecule has 0 bridgehead atoms. The zero-order valence-corrected chi connectivity index (χ0v) is 10.2. The van der Waals surface area contributed by atoms with E-state index < -0.39 is 0 Å². The van der Waals surface area contributed by atoms with Crippen molar-refractivity contribution < 1.29 is 4.79 Å². The van der Waals surface area contributed by atoms with E-state index in [4.69, 9.17) is 0 Å². The van der Waals surface area contributed by atoms with Gasteiger partial charge >= 0.3 is 0 Å². The summed E-state index contributed by atoms with van der Waals surface area (Å²) in [7, 11) is 0. The molecule has 0 fully saturated rings. The molecule has 0 saturated heterocycles. The first-order valence-corrected chi connectivity index (χ1v) is 6.17. The highest BCUT2D eigenvalue weighted by molar-refractivity contribution is 8.13. The van der Waals surface area contributed by atoms with Crippen LogP contribution in [0.5, 0.6) is 0 Å². The first kappa shape index (κ1) is 11.7. The Morgan fingerprint density at radius 3 is 3.29 bits per heavy atom. The molecule has 0 aliphatic carbocycles. The summed E-state index contributed by atoms with van der Waals surface area (Å²) in [4.78, 5) is 14.9. The lowest BCUT2D eigenvalue weighted by Gasteiger charge is -1.91. The summed E-state index contributed by atoms with van der Waals surface area (Å²) in [5.74, 6) is 6.74. The van der Waals surface area contributed by atoms with Crippen molar-refractivity contribution in [2.24, 2.45) is 0 Å². The van der Waals surface area contributed by atoms with E-state index in [9.17, 15) is 4.79 Å². The van der Waals surface area contributed by atoms with Crippen molar-refractivity contribution in [1.82, 2.24) is 14.6 Å². The predicted molar refractivity (Wildman–Crippen MR) is 67.6 cm³/mol. The Kier molecular flexibility index (Phi) is 3.78. The van der Waals surface area contributed by atoms with Crippen molar-refractivity contribution in [2.75, 3.05) is 5.75 Å². The third-order valence-corrected chi connectivity index (χ3v) is 2.84. The molecule has 0 aliphatic rings. The molecule has 0 saturated carbocycles. The van der Waals surface area contributed by atoms with Crippen LogP contribution in [0.2, 0.25) is 0 Å². The highest BCUT2D eigenvalue weighted by atomic mass is 32.2. The van der Waals surface area contributed by atoms with Crippen LogP contribution in [-0.2, 0) is 4.79 Å². The molecule has 4 nitrogen and oxygen atoms in total. The fourth-order valence-electron chi connectivity index (χ4n) is 1.31. The van der Waals surface area contributed by atoms with Gasteiger partial charge in [-0.2, -0.15) is 5.10 Å². The Morgan fingerprint density at radius 2 is 2.47 bits per heavy atom. The molecular formula is C12H11N3OS. The maximum absolute atomic E-state index is 10.7. The molecule has 17 heavy (non-hydrogen) atoms. The van der Waals surface area contributed by atoms with E-state index in [0.29, 0.717) is 6.42 Å². The van der Waals surface area contributed by atoms with E-state index in [-0.39, 0.29) is 5.12 Å². The number of thioether (sulfide) groups is 1. The molecule has 5 heteroatoms. The number of hydrogen-bond acceptors (Lipinski definition) is 4. The Labute approximate surface area is 103 Å². The second-order valence-electron chi connectivity index (χ2n) is 3.33. The normalized spacial score (nSPS) is 9.94. The number of nitrogens with zero attached hydrogens (tertiary/aromatic N) is 3. The molecule has 0 atom stereocenters. The van der Waals surface area contributed by atoms with Gasteiger partial charge in [-0.1, -0.05) is 17.7 Å². The monoisotopic (exact) mass is 245 g/mol. The van der Waals surface area contributed by atoms with Crippen LogP contribution in [0.1, 0.15) is 19.0 Å². The topological polar surface area (TPSA) is 47.3 Å². The predicted octanol–water partition coefficient (Wildman–Crippen LogP) is 1.75. The average molecular weight is 245 g/mol. The van der Waals surface area contributed by atoms with Crippen molar-refractivity contribution in [3.63, 3.8) is 0 Å². The average Bonchev–Trinajstić information content (AvgIpc) is 2.72. The second-order valence-corrected chi connectivity index (χ2v) is 4.60. The van der Waals surface area contributed by atoms with Crippen LogP contribution < -0.4 is 0 Å².